The smallest absolute Gasteiger partial charge is 0.0516 e. The van der Waals surface area contributed by atoms with Crippen molar-refractivity contribution in [2.75, 3.05) is 13.1 Å². The maximum Gasteiger partial charge on any atom is 0.0516 e. The Hall–Kier alpha value is 0.200. The van der Waals surface area contributed by atoms with E-state index in [1.165, 1.54) is 30.8 Å². The van der Waals surface area contributed by atoms with E-state index in [2.05, 4.69) is 11.0 Å². The third kappa shape index (κ3) is 2.79. The molecule has 1 saturated heterocycles. The SMILES string of the molecule is Cl.NC1CCC2CN(Cc3cc(Cl)cs3)CC12. The molecule has 0 spiro atoms. The molecule has 2 N–H and O–H groups in total. The second-order valence-electron chi connectivity index (χ2n) is 5.09. The first-order chi connectivity index (χ1) is 7.72. The van der Waals surface area contributed by atoms with E-state index in [1.54, 1.807) is 11.3 Å². The molecule has 5 heteroatoms. The monoisotopic (exact) mass is 292 g/mol. The fourth-order valence-electron chi connectivity index (χ4n) is 3.19. The molecular weight excluding hydrogens is 275 g/mol. The molecule has 0 amide bonds. The van der Waals surface area contributed by atoms with Gasteiger partial charge < -0.3 is 5.73 Å². The number of hydrogen-bond donors (Lipinski definition) is 1. The van der Waals surface area contributed by atoms with Crippen molar-refractivity contribution in [1.29, 1.82) is 0 Å². The van der Waals surface area contributed by atoms with E-state index in [4.69, 9.17) is 17.3 Å². The van der Waals surface area contributed by atoms with Crippen LogP contribution in [-0.4, -0.2) is 24.0 Å². The zero-order chi connectivity index (χ0) is 11.1. The van der Waals surface area contributed by atoms with Gasteiger partial charge in [0.1, 0.15) is 0 Å². The van der Waals surface area contributed by atoms with Crippen LogP contribution in [0.3, 0.4) is 0 Å². The number of likely N-dealkylation sites (tertiary alicyclic amines) is 1. The molecule has 3 rings (SSSR count). The van der Waals surface area contributed by atoms with E-state index in [0.717, 1.165) is 23.4 Å². The maximum absolute atomic E-state index is 6.13. The topological polar surface area (TPSA) is 29.3 Å². The first-order valence-corrected chi connectivity index (χ1v) is 7.19. The molecule has 1 aromatic heterocycles. The predicted molar refractivity (Wildman–Crippen MR) is 76.0 cm³/mol. The van der Waals surface area contributed by atoms with Gasteiger partial charge in [0.05, 0.1) is 5.02 Å². The first-order valence-electron chi connectivity index (χ1n) is 5.93. The quantitative estimate of drug-likeness (QED) is 0.908. The van der Waals surface area contributed by atoms with E-state index in [0.29, 0.717) is 6.04 Å². The fraction of sp³-hybridized carbons (Fsp3) is 0.667. The molecule has 1 aromatic rings. The molecule has 1 aliphatic carbocycles. The Morgan fingerprint density at radius 1 is 1.41 bits per heavy atom. The molecule has 1 saturated carbocycles. The van der Waals surface area contributed by atoms with Gasteiger partial charge in [-0.2, -0.15) is 0 Å². The molecule has 2 aliphatic rings. The summed E-state index contributed by atoms with van der Waals surface area (Å²) in [5.74, 6) is 1.60. The highest BCUT2D eigenvalue weighted by Crippen LogP contribution is 2.38. The van der Waals surface area contributed by atoms with Crippen LogP contribution in [-0.2, 0) is 6.54 Å². The summed E-state index contributed by atoms with van der Waals surface area (Å²) in [6.07, 6.45) is 2.56. The molecule has 1 aliphatic heterocycles. The van der Waals surface area contributed by atoms with Crippen LogP contribution in [0.5, 0.6) is 0 Å². The van der Waals surface area contributed by atoms with E-state index >= 15 is 0 Å². The van der Waals surface area contributed by atoms with Crippen LogP contribution in [0.4, 0.5) is 0 Å². The first kappa shape index (κ1) is 13.6. The highest BCUT2D eigenvalue weighted by Gasteiger charge is 2.40. The second kappa shape index (κ2) is 5.45. The van der Waals surface area contributed by atoms with Crippen LogP contribution in [0.25, 0.3) is 0 Å². The molecule has 2 nitrogen and oxygen atoms in total. The highest BCUT2D eigenvalue weighted by atomic mass is 35.5. The standard InChI is InChI=1S/C12H17ClN2S.ClH/c13-9-3-10(16-7-9)5-15-4-8-1-2-12(14)11(8)6-15;/h3,7-8,11-12H,1-2,4-6,14H2;1H. The molecule has 2 fully saturated rings. The average molecular weight is 293 g/mol. The molecule has 3 atom stereocenters. The van der Waals surface area contributed by atoms with Crippen molar-refractivity contribution >= 4 is 35.3 Å². The third-order valence-corrected chi connectivity index (χ3v) is 5.26. The lowest BCUT2D eigenvalue weighted by molar-refractivity contribution is 0.301. The van der Waals surface area contributed by atoms with Crippen LogP contribution in [0.15, 0.2) is 11.4 Å². The van der Waals surface area contributed by atoms with Gasteiger partial charge in [-0.25, -0.2) is 0 Å². The van der Waals surface area contributed by atoms with Crippen LogP contribution in [0, 0.1) is 11.8 Å². The molecule has 2 heterocycles. The van der Waals surface area contributed by atoms with Crippen LogP contribution in [0.1, 0.15) is 17.7 Å². The predicted octanol–water partition coefficient (Wildman–Crippen LogP) is 2.99. The van der Waals surface area contributed by atoms with Crippen molar-refractivity contribution in [3.05, 3.63) is 21.3 Å². The lowest BCUT2D eigenvalue weighted by Crippen LogP contribution is -2.30. The lowest BCUT2D eigenvalue weighted by atomic mass is 9.98. The zero-order valence-corrected chi connectivity index (χ0v) is 12.0. The van der Waals surface area contributed by atoms with E-state index in [9.17, 15) is 0 Å². The summed E-state index contributed by atoms with van der Waals surface area (Å²) in [7, 11) is 0. The maximum atomic E-state index is 6.13. The van der Waals surface area contributed by atoms with Crippen LogP contribution < -0.4 is 5.73 Å². The summed E-state index contributed by atoms with van der Waals surface area (Å²) in [4.78, 5) is 3.91. The lowest BCUT2D eigenvalue weighted by Gasteiger charge is -2.17. The minimum Gasteiger partial charge on any atom is -0.327 e. The molecule has 17 heavy (non-hydrogen) atoms. The van der Waals surface area contributed by atoms with Crippen molar-refractivity contribution in [1.82, 2.24) is 4.90 Å². The Balaban J connectivity index is 0.00000108. The summed E-state index contributed by atoms with van der Waals surface area (Å²) >= 11 is 7.70. The van der Waals surface area contributed by atoms with Gasteiger partial charge >= 0.3 is 0 Å². The fourth-order valence-corrected chi connectivity index (χ4v) is 4.30. The van der Waals surface area contributed by atoms with Crippen molar-refractivity contribution in [2.24, 2.45) is 17.6 Å². The van der Waals surface area contributed by atoms with E-state index in [-0.39, 0.29) is 12.4 Å². The second-order valence-corrected chi connectivity index (χ2v) is 6.52. The van der Waals surface area contributed by atoms with E-state index < -0.39 is 0 Å². The van der Waals surface area contributed by atoms with Gasteiger partial charge in [0.15, 0.2) is 0 Å². The normalized spacial score (nSPS) is 32.5. The summed E-state index contributed by atoms with van der Waals surface area (Å²) in [6, 6.07) is 2.53. The van der Waals surface area contributed by atoms with Crippen molar-refractivity contribution in [2.45, 2.75) is 25.4 Å². The van der Waals surface area contributed by atoms with Gasteiger partial charge in [0, 0.05) is 35.9 Å². The Morgan fingerprint density at radius 3 is 2.88 bits per heavy atom. The van der Waals surface area contributed by atoms with Gasteiger partial charge in [0.25, 0.3) is 0 Å². The van der Waals surface area contributed by atoms with Gasteiger partial charge in [-0.15, -0.1) is 23.7 Å². The Labute approximate surface area is 118 Å². The van der Waals surface area contributed by atoms with Gasteiger partial charge in [-0.3, -0.25) is 4.90 Å². The number of fused-ring (bicyclic) bond motifs is 1. The Morgan fingerprint density at radius 2 is 2.24 bits per heavy atom. The number of nitrogens with two attached hydrogens (primary N) is 1. The Kier molecular flexibility index (Phi) is 4.37. The van der Waals surface area contributed by atoms with Crippen LogP contribution in [0.2, 0.25) is 5.02 Å². The summed E-state index contributed by atoms with van der Waals surface area (Å²) in [6.45, 7) is 3.46. The van der Waals surface area contributed by atoms with Gasteiger partial charge in [-0.05, 0) is 30.7 Å². The minimum absolute atomic E-state index is 0. The number of rotatable bonds is 2. The average Bonchev–Trinajstić information content (AvgIpc) is 2.88. The van der Waals surface area contributed by atoms with Crippen LogP contribution >= 0.6 is 35.3 Å². The van der Waals surface area contributed by atoms with Crippen molar-refractivity contribution < 1.29 is 0 Å². The minimum atomic E-state index is 0. The van der Waals surface area contributed by atoms with Gasteiger partial charge in [0.2, 0.25) is 0 Å². The highest BCUT2D eigenvalue weighted by molar-refractivity contribution is 7.10. The largest absolute Gasteiger partial charge is 0.327 e. The summed E-state index contributed by atoms with van der Waals surface area (Å²) < 4.78 is 0. The molecule has 96 valence electrons. The van der Waals surface area contributed by atoms with Crippen molar-refractivity contribution in [3.8, 4) is 0 Å². The zero-order valence-electron chi connectivity index (χ0n) is 9.64. The van der Waals surface area contributed by atoms with Gasteiger partial charge in [-0.1, -0.05) is 11.6 Å². The summed E-state index contributed by atoms with van der Waals surface area (Å²) in [5, 5.41) is 2.88. The molecular formula is C12H18Cl2N2S. The molecule has 0 radical (unpaired) electrons. The number of nitrogens with zero attached hydrogens (tertiary/aromatic N) is 1. The van der Waals surface area contributed by atoms with E-state index in [1.807, 2.05) is 5.38 Å². The number of hydrogen-bond acceptors (Lipinski definition) is 3. The molecule has 0 bridgehead atoms. The molecule has 3 unspecified atom stereocenters. The third-order valence-electron chi connectivity index (χ3n) is 3.99. The number of thiophene rings is 1. The summed E-state index contributed by atoms with van der Waals surface area (Å²) in [5.41, 5.74) is 6.13. The van der Waals surface area contributed by atoms with Crippen molar-refractivity contribution in [3.63, 3.8) is 0 Å². The molecule has 0 aromatic carbocycles. The Bertz CT molecular complexity index is 382. The number of halogens is 2.